The van der Waals surface area contributed by atoms with Crippen LogP contribution in [0.5, 0.6) is 0 Å². The molecule has 6 heteroatoms. The van der Waals surface area contributed by atoms with Crippen molar-refractivity contribution >= 4 is 43.5 Å². The number of aliphatic hydroxyl groups excluding tert-OH is 2. The average molecular weight is 376 g/mol. The fourth-order valence-electron chi connectivity index (χ4n) is 1.30. The Bertz CT molecular complexity index is 353. The van der Waals surface area contributed by atoms with E-state index in [9.17, 15) is 14.6 Å². The van der Waals surface area contributed by atoms with Gasteiger partial charge in [0.15, 0.2) is 0 Å². The molecule has 0 aliphatic heterocycles. The van der Waals surface area contributed by atoms with Gasteiger partial charge >= 0.3 is 0 Å². The topological polar surface area (TPSA) is 40.5 Å². The van der Waals surface area contributed by atoms with Crippen molar-refractivity contribution < 1.29 is 14.6 Å². The summed E-state index contributed by atoms with van der Waals surface area (Å²) in [5.74, 6) is -0.638. The van der Waals surface area contributed by atoms with Gasteiger partial charge in [0, 0.05) is 20.4 Å². The van der Waals surface area contributed by atoms with Gasteiger partial charge in [0.2, 0.25) is 0 Å². The van der Waals surface area contributed by atoms with Crippen LogP contribution in [0.25, 0.3) is 0 Å². The molecule has 0 amide bonds. The third-order valence-corrected chi connectivity index (χ3v) is 3.44. The molecule has 0 saturated heterocycles. The average Bonchev–Trinajstić information content (AvgIpc) is 2.16. The smallest absolute Gasteiger partial charge is 0.131 e. The second-order valence-corrected chi connectivity index (χ2v) is 5.36. The van der Waals surface area contributed by atoms with E-state index >= 15 is 0 Å². The van der Waals surface area contributed by atoms with Crippen molar-refractivity contribution in [2.24, 2.45) is 0 Å². The van der Waals surface area contributed by atoms with Crippen LogP contribution in [-0.2, 0) is 0 Å². The lowest BCUT2D eigenvalue weighted by Gasteiger charge is -2.19. The van der Waals surface area contributed by atoms with Crippen LogP contribution in [0.4, 0.5) is 4.39 Å². The molecule has 2 nitrogen and oxygen atoms in total. The van der Waals surface area contributed by atoms with Crippen molar-refractivity contribution in [3.8, 4) is 0 Å². The highest BCUT2D eigenvalue weighted by atomic mass is 79.9. The van der Waals surface area contributed by atoms with Crippen molar-refractivity contribution in [2.75, 3.05) is 5.33 Å². The van der Waals surface area contributed by atoms with Crippen LogP contribution < -0.4 is 0 Å². The minimum absolute atomic E-state index is 0.0258. The van der Waals surface area contributed by atoms with Crippen molar-refractivity contribution in [3.05, 3.63) is 33.0 Å². The van der Waals surface area contributed by atoms with Gasteiger partial charge in [-0.25, -0.2) is 4.39 Å². The fraction of sp³-hybridized carbons (Fsp3) is 0.400. The van der Waals surface area contributed by atoms with E-state index in [1.807, 2.05) is 0 Å². The highest BCUT2D eigenvalue weighted by Crippen LogP contribution is 2.32. The molecule has 1 aromatic rings. The first-order chi connectivity index (χ1) is 7.47. The molecule has 0 fully saturated rings. The van der Waals surface area contributed by atoms with Crippen molar-refractivity contribution in [2.45, 2.75) is 18.6 Å². The minimum atomic E-state index is -1.27. The Morgan fingerprint density at radius 3 is 2.50 bits per heavy atom. The van der Waals surface area contributed by atoms with E-state index < -0.39 is 18.0 Å². The van der Waals surface area contributed by atoms with Crippen molar-refractivity contribution in [3.63, 3.8) is 0 Å². The number of alkyl halides is 1. The normalized spacial score (nSPS) is 14.9. The predicted octanol–water partition coefficient (Wildman–Crippen LogP) is 3.42. The van der Waals surface area contributed by atoms with Gasteiger partial charge in [0.05, 0.1) is 6.10 Å². The van der Waals surface area contributed by atoms with Crippen molar-refractivity contribution in [1.29, 1.82) is 0 Å². The molecule has 2 N–H and O–H groups in total. The second-order valence-electron chi connectivity index (χ2n) is 3.27. The zero-order valence-electron chi connectivity index (χ0n) is 8.13. The molecule has 0 aliphatic rings. The van der Waals surface area contributed by atoms with E-state index in [1.54, 1.807) is 0 Å². The van der Waals surface area contributed by atoms with Crippen molar-refractivity contribution in [1.82, 2.24) is 0 Å². The molecule has 90 valence electrons. The quantitative estimate of drug-likeness (QED) is 0.791. The molecule has 0 aromatic heterocycles. The zero-order chi connectivity index (χ0) is 12.3. The van der Waals surface area contributed by atoms with E-state index in [1.165, 1.54) is 6.07 Å². The summed E-state index contributed by atoms with van der Waals surface area (Å²) in [6.07, 6.45) is -1.97. The number of benzene rings is 1. The maximum absolute atomic E-state index is 13.6. The summed E-state index contributed by atoms with van der Waals surface area (Å²) in [7, 11) is 0. The van der Waals surface area contributed by atoms with Crippen LogP contribution in [0.3, 0.4) is 0 Å². The highest BCUT2D eigenvalue weighted by molar-refractivity contribution is 9.10. The van der Waals surface area contributed by atoms with Gasteiger partial charge in [-0.3, -0.25) is 0 Å². The summed E-state index contributed by atoms with van der Waals surface area (Å²) in [5, 5.41) is 20.1. The first-order valence-electron chi connectivity index (χ1n) is 4.54. The number of rotatable bonds is 4. The van der Waals surface area contributed by atoms with E-state index in [0.29, 0.717) is 16.2 Å². The molecule has 1 rings (SSSR count). The summed E-state index contributed by atoms with van der Waals surface area (Å²) in [5.41, 5.74) is 0.0258. The highest BCUT2D eigenvalue weighted by Gasteiger charge is 2.23. The zero-order valence-corrected chi connectivity index (χ0v) is 12.1. The summed E-state index contributed by atoms with van der Waals surface area (Å²) in [6.45, 7) is 0. The third-order valence-electron chi connectivity index (χ3n) is 2.11. The van der Waals surface area contributed by atoms with Crippen LogP contribution in [0.1, 0.15) is 18.1 Å². The molecule has 0 saturated carbocycles. The largest absolute Gasteiger partial charge is 0.390 e. The lowest BCUT2D eigenvalue weighted by Crippen LogP contribution is -2.20. The Hall–Kier alpha value is 0.320. The van der Waals surface area contributed by atoms with Gasteiger partial charge in [-0.2, -0.15) is 0 Å². The molecular weight excluding hydrogens is 366 g/mol. The van der Waals surface area contributed by atoms with Gasteiger partial charge in [0.25, 0.3) is 0 Å². The lowest BCUT2D eigenvalue weighted by atomic mass is 10.0. The maximum atomic E-state index is 13.6. The van der Waals surface area contributed by atoms with Gasteiger partial charge in [-0.15, -0.1) is 0 Å². The lowest BCUT2D eigenvalue weighted by molar-refractivity contribution is 0.0148. The molecule has 0 radical (unpaired) electrons. The van der Waals surface area contributed by atoms with Gasteiger partial charge in [-0.1, -0.05) is 43.5 Å². The van der Waals surface area contributed by atoms with E-state index in [0.717, 1.165) is 6.07 Å². The number of halogens is 4. The minimum Gasteiger partial charge on any atom is -0.390 e. The maximum Gasteiger partial charge on any atom is 0.131 e. The second kappa shape index (κ2) is 6.31. The molecular formula is C10H10Br2ClFO2. The Kier molecular flexibility index (Phi) is 5.67. The summed E-state index contributed by atoms with van der Waals surface area (Å²) < 4.78 is 13.9. The van der Waals surface area contributed by atoms with Crippen LogP contribution in [0.2, 0.25) is 5.02 Å². The number of aliphatic hydroxyl groups is 2. The van der Waals surface area contributed by atoms with E-state index in [2.05, 4.69) is 31.9 Å². The van der Waals surface area contributed by atoms with Crippen LogP contribution >= 0.6 is 43.5 Å². The molecule has 0 heterocycles. The molecule has 1 aromatic carbocycles. The van der Waals surface area contributed by atoms with Crippen LogP contribution in [0, 0.1) is 5.82 Å². The SMILES string of the molecule is OC(CCBr)C(O)c1c(F)cc(Cl)cc1Br. The Balaban J connectivity index is 3.03. The van der Waals surface area contributed by atoms with Crippen LogP contribution in [-0.4, -0.2) is 21.6 Å². The van der Waals surface area contributed by atoms with E-state index in [4.69, 9.17) is 11.6 Å². The molecule has 16 heavy (non-hydrogen) atoms. The fourth-order valence-corrected chi connectivity index (χ4v) is 2.77. The summed E-state index contributed by atoms with van der Waals surface area (Å²) in [4.78, 5) is 0. The molecule has 0 aliphatic carbocycles. The van der Waals surface area contributed by atoms with Gasteiger partial charge < -0.3 is 10.2 Å². The Morgan fingerprint density at radius 2 is 2.00 bits per heavy atom. The molecule has 2 unspecified atom stereocenters. The van der Waals surface area contributed by atoms with E-state index in [-0.39, 0.29) is 10.6 Å². The summed E-state index contributed by atoms with van der Waals surface area (Å²) in [6, 6.07) is 2.58. The first-order valence-corrected chi connectivity index (χ1v) is 6.83. The monoisotopic (exact) mass is 374 g/mol. The first kappa shape index (κ1) is 14.4. The number of hydrogen-bond donors (Lipinski definition) is 2. The Labute approximate surface area is 115 Å². The Morgan fingerprint density at radius 1 is 1.38 bits per heavy atom. The molecule has 0 bridgehead atoms. The number of hydrogen-bond acceptors (Lipinski definition) is 2. The van der Waals surface area contributed by atoms with Gasteiger partial charge in [0.1, 0.15) is 11.9 Å². The molecule has 0 spiro atoms. The summed E-state index contributed by atoms with van der Waals surface area (Å²) >= 11 is 11.9. The predicted molar refractivity (Wildman–Crippen MR) is 68.5 cm³/mol. The molecule has 2 atom stereocenters. The van der Waals surface area contributed by atoms with Gasteiger partial charge in [-0.05, 0) is 18.6 Å². The third kappa shape index (κ3) is 3.40. The standard InChI is InChI=1S/C10H10Br2ClFO2/c11-2-1-8(15)10(16)9-6(12)3-5(13)4-7(9)14/h3-4,8,10,15-16H,1-2H2. The van der Waals surface area contributed by atoms with Crippen LogP contribution in [0.15, 0.2) is 16.6 Å².